The molecule has 0 unspecified atom stereocenters. The molecule has 1 N–H and O–H groups in total. The highest BCUT2D eigenvalue weighted by molar-refractivity contribution is 7.19. The van der Waals surface area contributed by atoms with Crippen molar-refractivity contribution in [2.45, 2.75) is 19.6 Å². The summed E-state index contributed by atoms with van der Waals surface area (Å²) in [7, 11) is 0. The van der Waals surface area contributed by atoms with Gasteiger partial charge in [0.15, 0.2) is 0 Å². The highest BCUT2D eigenvalue weighted by Gasteiger charge is 2.30. The smallest absolute Gasteiger partial charge is 0.416 e. The number of carboxylic acids is 1. The molecule has 0 aliphatic carbocycles. The van der Waals surface area contributed by atoms with Crippen LogP contribution in [-0.2, 0) is 12.7 Å². The molecule has 2 aromatic heterocycles. The molecule has 3 rings (SSSR count). The lowest BCUT2D eigenvalue weighted by Gasteiger charge is -2.09. The topological polar surface area (TPSA) is 42.2 Å². The number of hydrogen-bond donors (Lipinski definition) is 1. The van der Waals surface area contributed by atoms with Gasteiger partial charge in [0.2, 0.25) is 0 Å². The zero-order valence-electron chi connectivity index (χ0n) is 12.0. The van der Waals surface area contributed by atoms with Gasteiger partial charge in [-0.3, -0.25) is 0 Å². The molecule has 3 nitrogen and oxygen atoms in total. The fraction of sp³-hybridized carbons (Fsp3) is 0.188. The molecule has 3 aromatic rings. The Morgan fingerprint density at radius 3 is 2.43 bits per heavy atom. The number of carboxylic acid groups (broad SMARTS) is 1. The Morgan fingerprint density at radius 2 is 1.87 bits per heavy atom. The standard InChI is InChI=1S/C16H12F3NO2S/c1-9-13(15(21)22)14-12(23-9)6-7-20(14)8-10-2-4-11(5-3-10)16(17,18)19/h2-7H,8H2,1H3,(H,21,22). The molecule has 0 amide bonds. The van der Waals surface area contributed by atoms with Crippen LogP contribution < -0.4 is 0 Å². The van der Waals surface area contributed by atoms with Gasteiger partial charge in [0.05, 0.1) is 21.3 Å². The van der Waals surface area contributed by atoms with Crippen molar-refractivity contribution in [2.24, 2.45) is 0 Å². The summed E-state index contributed by atoms with van der Waals surface area (Å²) in [5, 5.41) is 9.36. The molecular weight excluding hydrogens is 327 g/mol. The van der Waals surface area contributed by atoms with Crippen LogP contribution in [0.3, 0.4) is 0 Å². The number of hydrogen-bond acceptors (Lipinski definition) is 2. The highest BCUT2D eigenvalue weighted by Crippen LogP contribution is 2.33. The van der Waals surface area contributed by atoms with Gasteiger partial charge in [-0.05, 0) is 30.7 Å². The second-order valence-electron chi connectivity index (χ2n) is 5.19. The molecule has 0 atom stereocenters. The van der Waals surface area contributed by atoms with E-state index in [0.717, 1.165) is 16.8 Å². The monoisotopic (exact) mass is 339 g/mol. The van der Waals surface area contributed by atoms with E-state index in [2.05, 4.69) is 0 Å². The van der Waals surface area contributed by atoms with Crippen molar-refractivity contribution < 1.29 is 23.1 Å². The first-order valence-electron chi connectivity index (χ1n) is 6.75. The van der Waals surface area contributed by atoms with Crippen molar-refractivity contribution in [2.75, 3.05) is 0 Å². The van der Waals surface area contributed by atoms with Gasteiger partial charge in [-0.25, -0.2) is 4.79 Å². The van der Waals surface area contributed by atoms with E-state index < -0.39 is 17.7 Å². The van der Waals surface area contributed by atoms with E-state index in [0.29, 0.717) is 22.5 Å². The van der Waals surface area contributed by atoms with E-state index in [4.69, 9.17) is 0 Å². The second-order valence-corrected chi connectivity index (χ2v) is 6.45. The number of rotatable bonds is 3. The number of aromatic nitrogens is 1. The minimum atomic E-state index is -4.36. The Kier molecular flexibility index (Phi) is 3.68. The molecule has 0 fully saturated rings. The maximum Gasteiger partial charge on any atom is 0.416 e. The van der Waals surface area contributed by atoms with Gasteiger partial charge in [-0.1, -0.05) is 12.1 Å². The maximum absolute atomic E-state index is 12.6. The first kappa shape index (κ1) is 15.6. The molecule has 2 heterocycles. The number of alkyl halides is 3. The third-order valence-electron chi connectivity index (χ3n) is 3.63. The van der Waals surface area contributed by atoms with Crippen LogP contribution in [0.5, 0.6) is 0 Å². The number of carbonyl (C=O) groups is 1. The predicted octanol–water partition coefficient (Wildman–Crippen LogP) is 4.78. The fourth-order valence-electron chi connectivity index (χ4n) is 2.56. The summed E-state index contributed by atoms with van der Waals surface area (Å²) >= 11 is 1.39. The number of benzene rings is 1. The third kappa shape index (κ3) is 2.84. The van der Waals surface area contributed by atoms with Crippen LogP contribution in [0.25, 0.3) is 10.2 Å². The minimum Gasteiger partial charge on any atom is -0.478 e. The van der Waals surface area contributed by atoms with Gasteiger partial charge < -0.3 is 9.67 Å². The summed E-state index contributed by atoms with van der Waals surface area (Å²) in [4.78, 5) is 12.1. The van der Waals surface area contributed by atoms with Crippen molar-refractivity contribution >= 4 is 27.5 Å². The Morgan fingerprint density at radius 1 is 1.22 bits per heavy atom. The maximum atomic E-state index is 12.6. The predicted molar refractivity (Wildman–Crippen MR) is 82.1 cm³/mol. The average molecular weight is 339 g/mol. The van der Waals surface area contributed by atoms with Crippen LogP contribution in [-0.4, -0.2) is 15.6 Å². The van der Waals surface area contributed by atoms with E-state index >= 15 is 0 Å². The van der Waals surface area contributed by atoms with E-state index in [1.165, 1.54) is 23.5 Å². The first-order valence-corrected chi connectivity index (χ1v) is 7.56. The van der Waals surface area contributed by atoms with E-state index in [9.17, 15) is 23.1 Å². The molecule has 23 heavy (non-hydrogen) atoms. The molecular formula is C16H12F3NO2S. The average Bonchev–Trinajstić information content (AvgIpc) is 2.97. The summed E-state index contributed by atoms with van der Waals surface area (Å²) in [6.45, 7) is 2.06. The number of aryl methyl sites for hydroxylation is 1. The molecule has 0 bridgehead atoms. The van der Waals surface area contributed by atoms with Gasteiger partial charge in [0.1, 0.15) is 0 Å². The Labute approximate surface area is 133 Å². The Balaban J connectivity index is 1.97. The van der Waals surface area contributed by atoms with Crippen molar-refractivity contribution in [3.05, 3.63) is 58.1 Å². The molecule has 1 aromatic carbocycles. The molecule has 120 valence electrons. The summed E-state index contributed by atoms with van der Waals surface area (Å²) in [5.41, 5.74) is 0.842. The summed E-state index contributed by atoms with van der Waals surface area (Å²) in [6, 6.07) is 6.71. The van der Waals surface area contributed by atoms with Crippen LogP contribution >= 0.6 is 11.3 Å². The van der Waals surface area contributed by atoms with Crippen LogP contribution in [0.15, 0.2) is 36.5 Å². The first-order chi connectivity index (χ1) is 10.8. The van der Waals surface area contributed by atoms with E-state index in [-0.39, 0.29) is 5.56 Å². The zero-order valence-corrected chi connectivity index (χ0v) is 12.8. The van der Waals surface area contributed by atoms with Crippen molar-refractivity contribution in [3.63, 3.8) is 0 Å². The minimum absolute atomic E-state index is 0.252. The van der Waals surface area contributed by atoms with Crippen LogP contribution in [0.2, 0.25) is 0 Å². The Bertz CT molecular complexity index is 875. The number of thiophene rings is 1. The third-order valence-corrected chi connectivity index (χ3v) is 4.69. The second kappa shape index (κ2) is 5.42. The number of nitrogens with zero attached hydrogens (tertiary/aromatic N) is 1. The Hall–Kier alpha value is -2.28. The van der Waals surface area contributed by atoms with Gasteiger partial charge in [0.25, 0.3) is 0 Å². The normalized spacial score (nSPS) is 12.0. The van der Waals surface area contributed by atoms with Crippen molar-refractivity contribution in [1.82, 2.24) is 4.57 Å². The largest absolute Gasteiger partial charge is 0.478 e. The lowest BCUT2D eigenvalue weighted by Crippen LogP contribution is -2.06. The quantitative estimate of drug-likeness (QED) is 0.746. The number of halogens is 3. The van der Waals surface area contributed by atoms with Crippen LogP contribution in [0, 0.1) is 6.92 Å². The summed E-state index contributed by atoms with van der Waals surface area (Å²) in [6.07, 6.45) is -2.61. The lowest BCUT2D eigenvalue weighted by atomic mass is 10.1. The molecule has 0 spiro atoms. The van der Waals surface area contributed by atoms with Gasteiger partial charge >= 0.3 is 12.1 Å². The van der Waals surface area contributed by atoms with Crippen LogP contribution in [0.4, 0.5) is 13.2 Å². The lowest BCUT2D eigenvalue weighted by molar-refractivity contribution is -0.137. The SMILES string of the molecule is Cc1sc2ccn(Cc3ccc(C(F)(F)F)cc3)c2c1C(=O)O. The van der Waals surface area contributed by atoms with Crippen molar-refractivity contribution in [3.8, 4) is 0 Å². The summed E-state index contributed by atoms with van der Waals surface area (Å²) < 4.78 is 40.4. The molecule has 0 aliphatic rings. The fourth-order valence-corrected chi connectivity index (χ4v) is 3.62. The van der Waals surface area contributed by atoms with Crippen LogP contribution in [0.1, 0.15) is 26.4 Å². The molecule has 0 radical (unpaired) electrons. The number of aromatic carboxylic acids is 1. The summed E-state index contributed by atoms with van der Waals surface area (Å²) in [5.74, 6) is -0.999. The number of fused-ring (bicyclic) bond motifs is 1. The van der Waals surface area contributed by atoms with Gasteiger partial charge in [-0.2, -0.15) is 13.2 Å². The van der Waals surface area contributed by atoms with Crippen molar-refractivity contribution in [1.29, 1.82) is 0 Å². The molecule has 0 saturated heterocycles. The highest BCUT2D eigenvalue weighted by atomic mass is 32.1. The van der Waals surface area contributed by atoms with E-state index in [1.807, 2.05) is 6.07 Å². The zero-order chi connectivity index (χ0) is 16.8. The van der Waals surface area contributed by atoms with Gasteiger partial charge in [-0.15, -0.1) is 11.3 Å². The molecule has 7 heteroatoms. The molecule has 0 saturated carbocycles. The molecule has 0 aliphatic heterocycles. The van der Waals surface area contributed by atoms with Gasteiger partial charge in [0, 0.05) is 17.6 Å². The van der Waals surface area contributed by atoms with E-state index in [1.54, 1.807) is 17.7 Å².